The zero-order chi connectivity index (χ0) is 10.9. The molecule has 15 heavy (non-hydrogen) atoms. The van der Waals surface area contributed by atoms with Crippen LogP contribution in [0.2, 0.25) is 0 Å². The molecule has 1 heteroatoms. The van der Waals surface area contributed by atoms with Crippen LogP contribution < -0.4 is 5.73 Å². The van der Waals surface area contributed by atoms with Crippen LogP contribution >= 0.6 is 0 Å². The molecule has 0 saturated heterocycles. The molecule has 2 N–H and O–H groups in total. The molecule has 0 amide bonds. The lowest BCUT2D eigenvalue weighted by Gasteiger charge is -2.14. The molecular formula is C14H21N. The van der Waals surface area contributed by atoms with Gasteiger partial charge in [-0.1, -0.05) is 38.1 Å². The Bertz CT molecular complexity index is 337. The van der Waals surface area contributed by atoms with E-state index < -0.39 is 0 Å². The average Bonchev–Trinajstić information content (AvgIpc) is 2.99. The maximum Gasteiger partial charge on any atom is -0.00173 e. The lowest BCUT2D eigenvalue weighted by atomic mass is 9.93. The average molecular weight is 203 g/mol. The summed E-state index contributed by atoms with van der Waals surface area (Å²) in [6, 6.07) is 8.98. The third kappa shape index (κ3) is 2.40. The van der Waals surface area contributed by atoms with Gasteiger partial charge in [0, 0.05) is 0 Å². The van der Waals surface area contributed by atoms with E-state index >= 15 is 0 Å². The van der Waals surface area contributed by atoms with E-state index in [-0.39, 0.29) is 0 Å². The SMILES string of the molecule is CC(C)c1cccc(CC2(CN)CC2)c1. The molecule has 0 unspecified atom stereocenters. The van der Waals surface area contributed by atoms with Gasteiger partial charge in [0.05, 0.1) is 0 Å². The van der Waals surface area contributed by atoms with E-state index in [0.717, 1.165) is 6.54 Å². The van der Waals surface area contributed by atoms with Gasteiger partial charge in [-0.3, -0.25) is 0 Å². The summed E-state index contributed by atoms with van der Waals surface area (Å²) in [5.41, 5.74) is 9.18. The Labute approximate surface area is 92.7 Å². The lowest BCUT2D eigenvalue weighted by molar-refractivity contribution is 0.521. The van der Waals surface area contributed by atoms with Crippen LogP contribution in [-0.2, 0) is 6.42 Å². The van der Waals surface area contributed by atoms with Crippen LogP contribution in [-0.4, -0.2) is 6.54 Å². The Balaban J connectivity index is 2.11. The highest BCUT2D eigenvalue weighted by Crippen LogP contribution is 2.47. The van der Waals surface area contributed by atoms with Gasteiger partial charge >= 0.3 is 0 Å². The minimum Gasteiger partial charge on any atom is -0.330 e. The molecule has 1 nitrogen and oxygen atoms in total. The molecule has 2 rings (SSSR count). The molecule has 0 atom stereocenters. The highest BCUT2D eigenvalue weighted by Gasteiger charge is 2.40. The summed E-state index contributed by atoms with van der Waals surface area (Å²) in [5, 5.41) is 0. The summed E-state index contributed by atoms with van der Waals surface area (Å²) in [4.78, 5) is 0. The first-order valence-corrected chi connectivity index (χ1v) is 5.94. The molecule has 0 radical (unpaired) electrons. The van der Waals surface area contributed by atoms with E-state index in [4.69, 9.17) is 5.73 Å². The van der Waals surface area contributed by atoms with E-state index in [9.17, 15) is 0 Å². The highest BCUT2D eigenvalue weighted by molar-refractivity contribution is 5.27. The molecule has 1 fully saturated rings. The van der Waals surface area contributed by atoms with Crippen LogP contribution in [0.25, 0.3) is 0 Å². The quantitative estimate of drug-likeness (QED) is 0.799. The Morgan fingerprint density at radius 3 is 2.60 bits per heavy atom. The first kappa shape index (κ1) is 10.7. The molecule has 0 aliphatic heterocycles. The summed E-state index contributed by atoms with van der Waals surface area (Å²) in [7, 11) is 0. The first-order chi connectivity index (χ1) is 7.15. The van der Waals surface area contributed by atoms with Crippen LogP contribution in [0.3, 0.4) is 0 Å². The molecule has 0 spiro atoms. The van der Waals surface area contributed by atoms with Crippen molar-refractivity contribution in [3.8, 4) is 0 Å². The van der Waals surface area contributed by atoms with Crippen molar-refractivity contribution < 1.29 is 0 Å². The van der Waals surface area contributed by atoms with E-state index in [2.05, 4.69) is 38.1 Å². The first-order valence-electron chi connectivity index (χ1n) is 5.94. The fraction of sp³-hybridized carbons (Fsp3) is 0.571. The van der Waals surface area contributed by atoms with Gasteiger partial charge < -0.3 is 5.73 Å². The van der Waals surface area contributed by atoms with Crippen molar-refractivity contribution in [2.24, 2.45) is 11.1 Å². The normalized spacial score (nSPS) is 18.1. The van der Waals surface area contributed by atoms with Gasteiger partial charge in [0.25, 0.3) is 0 Å². The van der Waals surface area contributed by atoms with Crippen LogP contribution in [0.15, 0.2) is 24.3 Å². The Kier molecular flexibility index (Phi) is 2.83. The van der Waals surface area contributed by atoms with Crippen LogP contribution in [0.5, 0.6) is 0 Å². The van der Waals surface area contributed by atoms with Crippen LogP contribution in [0, 0.1) is 5.41 Å². The third-order valence-corrected chi connectivity index (χ3v) is 3.59. The molecule has 0 bridgehead atoms. The van der Waals surface area contributed by atoms with Gasteiger partial charge in [0.2, 0.25) is 0 Å². The molecule has 0 heterocycles. The number of nitrogens with two attached hydrogens (primary N) is 1. The van der Waals surface area contributed by atoms with E-state index in [0.29, 0.717) is 11.3 Å². The Hall–Kier alpha value is -0.820. The smallest absolute Gasteiger partial charge is 0.00173 e. The molecule has 1 saturated carbocycles. The number of hydrogen-bond acceptors (Lipinski definition) is 1. The summed E-state index contributed by atoms with van der Waals surface area (Å²) in [6.07, 6.45) is 3.80. The maximum atomic E-state index is 5.81. The van der Waals surface area contributed by atoms with Crippen molar-refractivity contribution in [1.82, 2.24) is 0 Å². The number of rotatable bonds is 4. The molecule has 0 aromatic heterocycles. The highest BCUT2D eigenvalue weighted by atomic mass is 14.6. The summed E-state index contributed by atoms with van der Waals surface area (Å²) >= 11 is 0. The second-order valence-corrected chi connectivity index (χ2v) is 5.28. The molecular weight excluding hydrogens is 182 g/mol. The largest absolute Gasteiger partial charge is 0.330 e. The minimum absolute atomic E-state index is 0.454. The fourth-order valence-corrected chi connectivity index (χ4v) is 2.13. The number of benzene rings is 1. The van der Waals surface area contributed by atoms with E-state index in [1.807, 2.05) is 0 Å². The van der Waals surface area contributed by atoms with Gasteiger partial charge in [-0.15, -0.1) is 0 Å². The molecule has 82 valence electrons. The van der Waals surface area contributed by atoms with Crippen molar-refractivity contribution in [1.29, 1.82) is 0 Å². The second-order valence-electron chi connectivity index (χ2n) is 5.28. The predicted octanol–water partition coefficient (Wildman–Crippen LogP) is 3.09. The zero-order valence-electron chi connectivity index (χ0n) is 9.79. The van der Waals surface area contributed by atoms with E-state index in [1.54, 1.807) is 0 Å². The fourth-order valence-electron chi connectivity index (χ4n) is 2.13. The van der Waals surface area contributed by atoms with Crippen molar-refractivity contribution in [3.63, 3.8) is 0 Å². The number of hydrogen-bond donors (Lipinski definition) is 1. The van der Waals surface area contributed by atoms with Crippen LogP contribution in [0.4, 0.5) is 0 Å². The Morgan fingerprint density at radius 2 is 2.07 bits per heavy atom. The van der Waals surface area contributed by atoms with E-state index in [1.165, 1.54) is 30.4 Å². The van der Waals surface area contributed by atoms with Crippen molar-refractivity contribution in [2.75, 3.05) is 6.54 Å². The summed E-state index contributed by atoms with van der Waals surface area (Å²) < 4.78 is 0. The lowest BCUT2D eigenvalue weighted by Crippen LogP contribution is -2.17. The predicted molar refractivity (Wildman–Crippen MR) is 65.0 cm³/mol. The molecule has 1 aromatic rings. The summed E-state index contributed by atoms with van der Waals surface area (Å²) in [5.74, 6) is 0.623. The van der Waals surface area contributed by atoms with Crippen molar-refractivity contribution >= 4 is 0 Å². The van der Waals surface area contributed by atoms with Crippen molar-refractivity contribution in [3.05, 3.63) is 35.4 Å². The van der Waals surface area contributed by atoms with Gasteiger partial charge in [-0.25, -0.2) is 0 Å². The molecule has 1 aliphatic carbocycles. The topological polar surface area (TPSA) is 26.0 Å². The second kappa shape index (κ2) is 3.97. The third-order valence-electron chi connectivity index (χ3n) is 3.59. The molecule has 1 aliphatic rings. The maximum absolute atomic E-state index is 5.81. The van der Waals surface area contributed by atoms with Gasteiger partial charge in [-0.05, 0) is 48.3 Å². The van der Waals surface area contributed by atoms with Crippen molar-refractivity contribution in [2.45, 2.75) is 39.0 Å². The van der Waals surface area contributed by atoms with Gasteiger partial charge in [-0.2, -0.15) is 0 Å². The monoisotopic (exact) mass is 203 g/mol. The van der Waals surface area contributed by atoms with Gasteiger partial charge in [0.1, 0.15) is 0 Å². The standard InChI is InChI=1S/C14H21N/c1-11(2)13-5-3-4-12(8-13)9-14(10-15)6-7-14/h3-5,8,11H,6-7,9-10,15H2,1-2H3. The van der Waals surface area contributed by atoms with Gasteiger partial charge in [0.15, 0.2) is 0 Å². The molecule has 1 aromatic carbocycles. The van der Waals surface area contributed by atoms with Crippen LogP contribution in [0.1, 0.15) is 43.7 Å². The zero-order valence-corrected chi connectivity index (χ0v) is 9.79. The summed E-state index contributed by atoms with van der Waals surface area (Å²) in [6.45, 7) is 5.34. The Morgan fingerprint density at radius 1 is 1.33 bits per heavy atom. The minimum atomic E-state index is 0.454.